The molecule has 0 N–H and O–H groups in total. The van der Waals surface area contributed by atoms with Gasteiger partial charge in [0.1, 0.15) is 11.5 Å². The Bertz CT molecular complexity index is 434. The number of ether oxygens (including phenoxy) is 2. The van der Waals surface area contributed by atoms with Crippen LogP contribution in [0.2, 0.25) is 0 Å². The third-order valence-electron chi connectivity index (χ3n) is 2.53. The number of isocyanates is 1. The second kappa shape index (κ2) is 5.33. The first kappa shape index (κ1) is 12.3. The van der Waals surface area contributed by atoms with Crippen molar-refractivity contribution in [2.24, 2.45) is 4.99 Å². The van der Waals surface area contributed by atoms with E-state index in [0.29, 0.717) is 0 Å². The van der Waals surface area contributed by atoms with Crippen molar-refractivity contribution in [2.75, 3.05) is 14.2 Å². The van der Waals surface area contributed by atoms with Gasteiger partial charge < -0.3 is 9.47 Å². The molecule has 4 nitrogen and oxygen atoms in total. The van der Waals surface area contributed by atoms with E-state index < -0.39 is 0 Å². The molecule has 1 aromatic rings. The standard InChI is InChI=1S/C12H15NO3/c1-8-5-11(15-3)9(2)10(6-13-7-14)12(8)16-4/h5H,6H2,1-4H3. The molecule has 0 fully saturated rings. The van der Waals surface area contributed by atoms with Crippen LogP contribution >= 0.6 is 0 Å². The number of rotatable bonds is 4. The first-order valence-electron chi connectivity index (χ1n) is 4.90. The molecular formula is C12H15NO3. The van der Waals surface area contributed by atoms with E-state index in [-0.39, 0.29) is 6.54 Å². The SMILES string of the molecule is COc1cc(C)c(OC)c(CN=C=O)c1C. The molecule has 0 aromatic heterocycles. The Hall–Kier alpha value is -1.80. The average molecular weight is 221 g/mol. The van der Waals surface area contributed by atoms with Crippen LogP contribution in [0.4, 0.5) is 0 Å². The lowest BCUT2D eigenvalue weighted by Gasteiger charge is -2.15. The van der Waals surface area contributed by atoms with Gasteiger partial charge in [0.25, 0.3) is 0 Å². The largest absolute Gasteiger partial charge is 0.496 e. The molecule has 0 aliphatic heterocycles. The Morgan fingerprint density at radius 3 is 2.50 bits per heavy atom. The number of hydrogen-bond acceptors (Lipinski definition) is 4. The average Bonchev–Trinajstić information content (AvgIpc) is 2.29. The summed E-state index contributed by atoms with van der Waals surface area (Å²) < 4.78 is 10.6. The Kier molecular flexibility index (Phi) is 4.09. The van der Waals surface area contributed by atoms with Crippen molar-refractivity contribution >= 4 is 6.08 Å². The van der Waals surface area contributed by atoms with Crippen molar-refractivity contribution < 1.29 is 14.3 Å². The van der Waals surface area contributed by atoms with Crippen molar-refractivity contribution in [3.63, 3.8) is 0 Å². The molecule has 0 unspecified atom stereocenters. The summed E-state index contributed by atoms with van der Waals surface area (Å²) in [6.07, 6.45) is 1.53. The summed E-state index contributed by atoms with van der Waals surface area (Å²) in [6, 6.07) is 1.91. The van der Waals surface area contributed by atoms with E-state index in [4.69, 9.17) is 9.47 Å². The highest BCUT2D eigenvalue weighted by Gasteiger charge is 2.14. The van der Waals surface area contributed by atoms with Crippen molar-refractivity contribution in [2.45, 2.75) is 20.4 Å². The second-order valence-electron chi connectivity index (χ2n) is 3.44. The maximum Gasteiger partial charge on any atom is 0.235 e. The highest BCUT2D eigenvalue weighted by molar-refractivity contribution is 5.53. The van der Waals surface area contributed by atoms with Crippen molar-refractivity contribution in [1.29, 1.82) is 0 Å². The predicted octanol–water partition coefficient (Wildman–Crippen LogP) is 2.16. The molecule has 1 aromatic carbocycles. The normalized spacial score (nSPS) is 9.50. The van der Waals surface area contributed by atoms with Gasteiger partial charge in [0, 0.05) is 5.56 Å². The summed E-state index contributed by atoms with van der Waals surface area (Å²) in [6.45, 7) is 4.10. The van der Waals surface area contributed by atoms with Crippen molar-refractivity contribution in [3.8, 4) is 11.5 Å². The van der Waals surface area contributed by atoms with Gasteiger partial charge in [0.15, 0.2) is 0 Å². The second-order valence-corrected chi connectivity index (χ2v) is 3.44. The fourth-order valence-electron chi connectivity index (χ4n) is 1.73. The molecule has 0 spiro atoms. The summed E-state index contributed by atoms with van der Waals surface area (Å²) in [5.74, 6) is 1.52. The zero-order chi connectivity index (χ0) is 12.1. The summed E-state index contributed by atoms with van der Waals surface area (Å²) in [5.41, 5.74) is 2.76. The Morgan fingerprint density at radius 2 is 2.00 bits per heavy atom. The summed E-state index contributed by atoms with van der Waals surface area (Å²) in [4.78, 5) is 13.8. The number of aryl methyl sites for hydroxylation is 1. The monoisotopic (exact) mass is 221 g/mol. The molecule has 86 valence electrons. The topological polar surface area (TPSA) is 47.9 Å². The number of aliphatic imine (C=N–C) groups is 1. The zero-order valence-corrected chi connectivity index (χ0v) is 9.96. The highest BCUT2D eigenvalue weighted by Crippen LogP contribution is 2.33. The first-order valence-corrected chi connectivity index (χ1v) is 4.90. The van der Waals surface area contributed by atoms with Crippen LogP contribution in [0.1, 0.15) is 16.7 Å². The number of carbonyl (C=O) groups excluding carboxylic acids is 1. The molecule has 0 saturated carbocycles. The molecular weight excluding hydrogens is 206 g/mol. The molecule has 0 aliphatic rings. The van der Waals surface area contributed by atoms with Crippen LogP contribution < -0.4 is 9.47 Å². The molecule has 0 atom stereocenters. The third-order valence-corrected chi connectivity index (χ3v) is 2.53. The minimum absolute atomic E-state index is 0.260. The van der Waals surface area contributed by atoms with Gasteiger partial charge in [0.05, 0.1) is 20.8 Å². The van der Waals surface area contributed by atoms with Gasteiger partial charge in [-0.3, -0.25) is 0 Å². The minimum atomic E-state index is 0.260. The zero-order valence-electron chi connectivity index (χ0n) is 9.96. The van der Waals surface area contributed by atoms with E-state index >= 15 is 0 Å². The fourth-order valence-corrected chi connectivity index (χ4v) is 1.73. The van der Waals surface area contributed by atoms with E-state index in [1.807, 2.05) is 19.9 Å². The lowest BCUT2D eigenvalue weighted by molar-refractivity contribution is 0.393. The maximum atomic E-state index is 10.2. The van der Waals surface area contributed by atoms with Crippen LogP contribution in [0.5, 0.6) is 11.5 Å². The Morgan fingerprint density at radius 1 is 1.31 bits per heavy atom. The molecule has 0 amide bonds. The number of methoxy groups -OCH3 is 2. The Balaban J connectivity index is 3.38. The van der Waals surface area contributed by atoms with Gasteiger partial charge in [-0.2, -0.15) is 0 Å². The number of nitrogens with zero attached hydrogens (tertiary/aromatic N) is 1. The summed E-state index contributed by atoms with van der Waals surface area (Å²) in [5, 5.41) is 0. The summed E-state index contributed by atoms with van der Waals surface area (Å²) in [7, 11) is 3.21. The van der Waals surface area contributed by atoms with Gasteiger partial charge in [-0.05, 0) is 31.0 Å². The smallest absolute Gasteiger partial charge is 0.235 e. The quantitative estimate of drug-likeness (QED) is 0.578. The van der Waals surface area contributed by atoms with Crippen LogP contribution in [-0.2, 0) is 11.3 Å². The van der Waals surface area contributed by atoms with E-state index in [1.54, 1.807) is 14.2 Å². The maximum absolute atomic E-state index is 10.2. The molecule has 0 aliphatic carbocycles. The van der Waals surface area contributed by atoms with E-state index in [9.17, 15) is 4.79 Å². The van der Waals surface area contributed by atoms with E-state index in [0.717, 1.165) is 28.2 Å². The summed E-state index contributed by atoms with van der Waals surface area (Å²) >= 11 is 0. The molecule has 0 saturated heterocycles. The molecule has 0 heterocycles. The van der Waals surface area contributed by atoms with Crippen molar-refractivity contribution in [3.05, 3.63) is 22.8 Å². The molecule has 0 radical (unpaired) electrons. The lowest BCUT2D eigenvalue weighted by atomic mass is 10.0. The third kappa shape index (κ3) is 2.23. The minimum Gasteiger partial charge on any atom is -0.496 e. The van der Waals surface area contributed by atoms with E-state index in [2.05, 4.69) is 4.99 Å². The molecule has 16 heavy (non-hydrogen) atoms. The van der Waals surface area contributed by atoms with Gasteiger partial charge in [-0.25, -0.2) is 9.79 Å². The van der Waals surface area contributed by atoms with Gasteiger partial charge in [0.2, 0.25) is 6.08 Å². The Labute approximate surface area is 94.9 Å². The van der Waals surface area contributed by atoms with Gasteiger partial charge in [-0.15, -0.1) is 0 Å². The first-order chi connectivity index (χ1) is 7.65. The van der Waals surface area contributed by atoms with Crippen LogP contribution in [0, 0.1) is 13.8 Å². The van der Waals surface area contributed by atoms with Crippen molar-refractivity contribution in [1.82, 2.24) is 0 Å². The highest BCUT2D eigenvalue weighted by atomic mass is 16.5. The van der Waals surface area contributed by atoms with Crippen LogP contribution in [-0.4, -0.2) is 20.3 Å². The molecule has 0 bridgehead atoms. The van der Waals surface area contributed by atoms with Gasteiger partial charge in [-0.1, -0.05) is 0 Å². The number of benzene rings is 1. The van der Waals surface area contributed by atoms with Crippen LogP contribution in [0.15, 0.2) is 11.1 Å². The predicted molar refractivity (Wildman–Crippen MR) is 60.8 cm³/mol. The fraction of sp³-hybridized carbons (Fsp3) is 0.417. The molecule has 1 rings (SSSR count). The molecule has 4 heteroatoms. The lowest BCUT2D eigenvalue weighted by Crippen LogP contribution is -2.00. The number of hydrogen-bond donors (Lipinski definition) is 0. The van der Waals surface area contributed by atoms with Crippen LogP contribution in [0.3, 0.4) is 0 Å². The van der Waals surface area contributed by atoms with Gasteiger partial charge >= 0.3 is 0 Å². The van der Waals surface area contributed by atoms with Crippen LogP contribution in [0.25, 0.3) is 0 Å². The van der Waals surface area contributed by atoms with E-state index in [1.165, 1.54) is 6.08 Å².